The van der Waals surface area contributed by atoms with Crippen LogP contribution < -0.4 is 5.73 Å². The number of carbonyl (C=O) groups is 1. The molecule has 0 radical (unpaired) electrons. The SMILES string of the molecule is CC(C)N([C@@H](C)C(=O)O)P(=O)(CO[C@H](C)Cn1cnc2c(N)ncnc21)ON=C(C1CCCC1)C1CCCC1. The Labute approximate surface area is 229 Å². The standard InChI is InChI=1S/C26H42N7O5P/c1-17(2)33(19(4)26(34)35)39(36,38-31-22(20-9-5-6-10-20)21-11-7-8-12-21)16-37-18(3)13-32-15-30-23-24(27)28-14-29-25(23)32/h14-15,17-21H,5-13,16H2,1-4H3,(H,34,35)(H2,27,28,29)/t18-,19+,39?/m1/s1. The number of rotatable bonds is 13. The lowest BCUT2D eigenvalue weighted by Gasteiger charge is -2.35. The summed E-state index contributed by atoms with van der Waals surface area (Å²) < 4.78 is 29.8. The van der Waals surface area contributed by atoms with Crippen molar-refractivity contribution < 1.29 is 23.8 Å². The smallest absolute Gasteiger partial charge is 0.367 e. The molecule has 39 heavy (non-hydrogen) atoms. The second-order valence-corrected chi connectivity index (χ2v) is 13.3. The molecule has 0 amide bonds. The fraction of sp³-hybridized carbons (Fsp3) is 0.731. The number of hydrogen-bond donors (Lipinski definition) is 2. The predicted molar refractivity (Wildman–Crippen MR) is 149 cm³/mol. The molecule has 4 rings (SSSR count). The van der Waals surface area contributed by atoms with Crippen molar-refractivity contribution in [3.63, 3.8) is 0 Å². The molecule has 12 nitrogen and oxygen atoms in total. The van der Waals surface area contributed by atoms with Crippen LogP contribution in [0.2, 0.25) is 0 Å². The summed E-state index contributed by atoms with van der Waals surface area (Å²) in [6.45, 7) is 7.33. The van der Waals surface area contributed by atoms with Crippen LogP contribution >= 0.6 is 7.52 Å². The van der Waals surface area contributed by atoms with E-state index in [2.05, 4.69) is 20.1 Å². The largest absolute Gasteiger partial charge is 0.480 e. The maximum atomic E-state index is 14.6. The third kappa shape index (κ3) is 6.78. The topological polar surface area (TPSA) is 158 Å². The Kier molecular flexibility index (Phi) is 9.61. The molecule has 0 spiro atoms. The van der Waals surface area contributed by atoms with Crippen LogP contribution in [0.4, 0.5) is 5.82 Å². The Morgan fingerprint density at radius 2 is 1.74 bits per heavy atom. The van der Waals surface area contributed by atoms with Crippen molar-refractivity contribution in [1.82, 2.24) is 24.2 Å². The number of anilines is 1. The average molecular weight is 564 g/mol. The molecule has 0 aliphatic heterocycles. The number of imidazole rings is 1. The molecule has 1 unspecified atom stereocenters. The summed E-state index contributed by atoms with van der Waals surface area (Å²) in [5.41, 5.74) is 7.97. The van der Waals surface area contributed by atoms with Gasteiger partial charge in [-0.2, -0.15) is 0 Å². The minimum atomic E-state index is -3.86. The van der Waals surface area contributed by atoms with Crippen molar-refractivity contribution in [3.05, 3.63) is 12.7 Å². The normalized spacial score (nSPS) is 19.9. The summed E-state index contributed by atoms with van der Waals surface area (Å²) in [6, 6.07) is -1.43. The lowest BCUT2D eigenvalue weighted by Crippen LogP contribution is -2.42. The number of nitrogens with zero attached hydrogens (tertiary/aromatic N) is 6. The molecule has 3 atom stereocenters. The Morgan fingerprint density at radius 3 is 2.31 bits per heavy atom. The second-order valence-electron chi connectivity index (χ2n) is 11.1. The number of ether oxygens (including phenoxy) is 1. The molecule has 0 aromatic carbocycles. The van der Waals surface area contributed by atoms with Crippen LogP contribution in [-0.4, -0.2) is 65.5 Å². The van der Waals surface area contributed by atoms with E-state index in [1.165, 1.54) is 17.9 Å². The van der Waals surface area contributed by atoms with E-state index in [0.29, 0.717) is 35.4 Å². The van der Waals surface area contributed by atoms with Gasteiger partial charge in [-0.1, -0.05) is 30.8 Å². The molecule has 3 N–H and O–H groups in total. The Bertz CT molecular complexity index is 1190. The second kappa shape index (κ2) is 12.7. The van der Waals surface area contributed by atoms with Crippen molar-refractivity contribution in [2.24, 2.45) is 17.0 Å². The fourth-order valence-electron chi connectivity index (χ4n) is 5.93. The Balaban J connectivity index is 1.57. The van der Waals surface area contributed by atoms with Crippen molar-refractivity contribution in [2.75, 3.05) is 12.1 Å². The van der Waals surface area contributed by atoms with Crippen LogP contribution in [0, 0.1) is 11.8 Å². The summed E-state index contributed by atoms with van der Waals surface area (Å²) in [4.78, 5) is 24.5. The van der Waals surface area contributed by atoms with Gasteiger partial charge in [-0.25, -0.2) is 19.6 Å². The van der Waals surface area contributed by atoms with Gasteiger partial charge < -0.3 is 24.8 Å². The molecular formula is C26H42N7O5P. The molecule has 0 saturated heterocycles. The van der Waals surface area contributed by atoms with Crippen LogP contribution in [-0.2, 0) is 25.3 Å². The molecular weight excluding hydrogens is 521 g/mol. The number of oxime groups is 1. The van der Waals surface area contributed by atoms with Crippen molar-refractivity contribution in [2.45, 2.75) is 104 Å². The number of nitrogens with two attached hydrogens (primary N) is 1. The first kappa shape index (κ1) is 29.4. The molecule has 2 saturated carbocycles. The van der Waals surface area contributed by atoms with Crippen LogP contribution in [0.3, 0.4) is 0 Å². The summed E-state index contributed by atoms with van der Waals surface area (Å²) in [5, 5.41) is 14.4. The lowest BCUT2D eigenvalue weighted by molar-refractivity contribution is -0.141. The third-order valence-electron chi connectivity index (χ3n) is 7.86. The van der Waals surface area contributed by atoms with Crippen molar-refractivity contribution >= 4 is 36.2 Å². The molecule has 2 aromatic heterocycles. The van der Waals surface area contributed by atoms with Crippen LogP contribution in [0.5, 0.6) is 0 Å². The van der Waals surface area contributed by atoms with E-state index in [1.54, 1.807) is 24.7 Å². The highest BCUT2D eigenvalue weighted by Crippen LogP contribution is 2.54. The van der Waals surface area contributed by atoms with E-state index in [4.69, 9.17) is 15.1 Å². The molecule has 2 heterocycles. The van der Waals surface area contributed by atoms with Crippen LogP contribution in [0.1, 0.15) is 79.1 Å². The van der Waals surface area contributed by atoms with Crippen molar-refractivity contribution in [1.29, 1.82) is 0 Å². The van der Waals surface area contributed by atoms with Gasteiger partial charge in [0.25, 0.3) is 0 Å². The van der Waals surface area contributed by atoms with E-state index in [0.717, 1.165) is 57.1 Å². The zero-order chi connectivity index (χ0) is 28.2. The van der Waals surface area contributed by atoms with Crippen molar-refractivity contribution in [3.8, 4) is 0 Å². The number of carboxylic acid groups (broad SMARTS) is 1. The van der Waals surface area contributed by atoms with Crippen LogP contribution in [0.15, 0.2) is 17.8 Å². The highest BCUT2D eigenvalue weighted by atomic mass is 31.2. The first-order chi connectivity index (χ1) is 18.6. The third-order valence-corrected chi connectivity index (χ3v) is 10.2. The average Bonchev–Trinajstić information content (AvgIpc) is 3.67. The number of nitrogen functional groups attached to an aromatic ring is 1. The molecule has 2 aliphatic carbocycles. The van der Waals surface area contributed by atoms with Gasteiger partial charge in [-0.15, -0.1) is 0 Å². The molecule has 2 aliphatic rings. The molecule has 2 fully saturated rings. The van der Waals surface area contributed by atoms with E-state index in [1.807, 2.05) is 6.92 Å². The van der Waals surface area contributed by atoms with Gasteiger partial charge in [0.1, 0.15) is 24.2 Å². The molecule has 0 bridgehead atoms. The van der Waals surface area contributed by atoms with Gasteiger partial charge in [0.15, 0.2) is 11.5 Å². The maximum Gasteiger partial charge on any atom is 0.367 e. The van der Waals surface area contributed by atoms with Gasteiger partial charge in [0.2, 0.25) is 0 Å². The first-order valence-corrected chi connectivity index (χ1v) is 15.8. The molecule has 13 heteroatoms. The van der Waals surface area contributed by atoms with E-state index in [9.17, 15) is 14.5 Å². The predicted octanol–water partition coefficient (Wildman–Crippen LogP) is 4.90. The number of hydrogen-bond acceptors (Lipinski definition) is 9. The van der Waals surface area contributed by atoms with Gasteiger partial charge in [-0.05, 0) is 53.4 Å². The Hall–Kier alpha value is -2.56. The quantitative estimate of drug-likeness (QED) is 0.195. The number of fused-ring (bicyclic) bond motifs is 1. The van der Waals surface area contributed by atoms with Crippen LogP contribution in [0.25, 0.3) is 11.2 Å². The summed E-state index contributed by atoms with van der Waals surface area (Å²) >= 11 is 0. The van der Waals surface area contributed by atoms with Gasteiger partial charge >= 0.3 is 13.5 Å². The zero-order valence-electron chi connectivity index (χ0n) is 23.4. The lowest BCUT2D eigenvalue weighted by atomic mass is 9.89. The van der Waals surface area contributed by atoms with Gasteiger partial charge in [0, 0.05) is 17.9 Å². The first-order valence-electron chi connectivity index (χ1n) is 14.0. The highest BCUT2D eigenvalue weighted by Gasteiger charge is 2.43. The summed E-state index contributed by atoms with van der Waals surface area (Å²) in [7, 11) is -3.86. The highest BCUT2D eigenvalue weighted by molar-refractivity contribution is 7.56. The van der Waals surface area contributed by atoms with E-state index >= 15 is 0 Å². The monoisotopic (exact) mass is 563 g/mol. The molecule has 2 aromatic rings. The minimum absolute atomic E-state index is 0.290. The molecule has 216 valence electrons. The zero-order valence-corrected chi connectivity index (χ0v) is 24.3. The van der Waals surface area contributed by atoms with Gasteiger partial charge in [-0.3, -0.25) is 9.36 Å². The summed E-state index contributed by atoms with van der Waals surface area (Å²) in [6.07, 6.45) is 11.1. The van der Waals surface area contributed by atoms with E-state index < -0.39 is 25.6 Å². The number of aromatic nitrogens is 4. The number of aliphatic carboxylic acids is 1. The van der Waals surface area contributed by atoms with Gasteiger partial charge in [0.05, 0.1) is 24.7 Å². The maximum absolute atomic E-state index is 14.6. The summed E-state index contributed by atoms with van der Waals surface area (Å²) in [5.74, 6) is -0.137. The van der Waals surface area contributed by atoms with E-state index in [-0.39, 0.29) is 12.4 Å². The Morgan fingerprint density at radius 1 is 1.13 bits per heavy atom. The fourth-order valence-corrected chi connectivity index (χ4v) is 8.19. The minimum Gasteiger partial charge on any atom is -0.480 e. The number of carboxylic acids is 1.